The highest BCUT2D eigenvalue weighted by Crippen LogP contribution is 2.29. The van der Waals surface area contributed by atoms with Crippen molar-refractivity contribution < 1.29 is 23.5 Å². The van der Waals surface area contributed by atoms with Gasteiger partial charge in [0.2, 0.25) is 0 Å². The predicted molar refractivity (Wildman–Crippen MR) is 155 cm³/mol. The summed E-state index contributed by atoms with van der Waals surface area (Å²) in [5.41, 5.74) is 2.35. The lowest BCUT2D eigenvalue weighted by Gasteiger charge is -2.26. The van der Waals surface area contributed by atoms with Crippen molar-refractivity contribution in [3.63, 3.8) is 0 Å². The Balaban J connectivity index is 1.78. The summed E-state index contributed by atoms with van der Waals surface area (Å²) in [5.74, 6) is -1.87. The quantitative estimate of drug-likeness (QED) is 0.207. The second-order valence-corrected chi connectivity index (χ2v) is 10.5. The van der Waals surface area contributed by atoms with Crippen LogP contribution in [0.5, 0.6) is 0 Å². The van der Waals surface area contributed by atoms with Gasteiger partial charge in [0, 0.05) is 24.5 Å². The number of carboxylic acids is 1. The molecule has 1 unspecified atom stereocenters. The van der Waals surface area contributed by atoms with E-state index in [1.165, 1.54) is 43.0 Å². The Morgan fingerprint density at radius 3 is 2.33 bits per heavy atom. The van der Waals surface area contributed by atoms with Crippen molar-refractivity contribution in [3.8, 4) is 11.1 Å². The SMILES string of the molecule is CSCCC(C)(NC(=O)c1ccc(C=C(Cn2ccnc2)c2ccc(F)cc2)cc1-c1ccc(F)cc1)C(=O)O. The van der Waals surface area contributed by atoms with Gasteiger partial charge in [0.1, 0.15) is 17.2 Å². The lowest BCUT2D eigenvalue weighted by Crippen LogP contribution is -2.52. The summed E-state index contributed by atoms with van der Waals surface area (Å²) in [6.07, 6.45) is 9.23. The summed E-state index contributed by atoms with van der Waals surface area (Å²) in [5, 5.41) is 12.5. The Bertz CT molecular complexity index is 1500. The standard InChI is InChI=1S/C31H29F2N3O3S/c1-31(30(38)39,13-16-40-2)35-29(37)27-12-3-21(18-28(27)23-6-10-26(33)11-7-23)17-24(19-36-15-14-34-20-36)22-4-8-25(32)9-5-22/h3-12,14-15,17-18,20H,13,16,19H2,1-2H3,(H,35,37)(H,38,39). The van der Waals surface area contributed by atoms with E-state index in [1.807, 2.05) is 23.1 Å². The molecule has 0 aliphatic rings. The van der Waals surface area contributed by atoms with Crippen molar-refractivity contribution in [1.82, 2.24) is 14.9 Å². The molecule has 0 saturated heterocycles. The lowest BCUT2D eigenvalue weighted by molar-refractivity contribution is -0.143. The summed E-state index contributed by atoms with van der Waals surface area (Å²) < 4.78 is 29.3. The van der Waals surface area contributed by atoms with E-state index in [0.717, 1.165) is 16.7 Å². The van der Waals surface area contributed by atoms with Crippen LogP contribution >= 0.6 is 11.8 Å². The van der Waals surface area contributed by atoms with Crippen molar-refractivity contribution in [2.75, 3.05) is 12.0 Å². The summed E-state index contributed by atoms with van der Waals surface area (Å²) in [4.78, 5) is 29.6. The van der Waals surface area contributed by atoms with Crippen LogP contribution in [0.3, 0.4) is 0 Å². The van der Waals surface area contributed by atoms with Crippen molar-refractivity contribution in [1.29, 1.82) is 0 Å². The minimum Gasteiger partial charge on any atom is -0.480 e. The Kier molecular flexibility index (Phi) is 9.16. The molecular formula is C31H29F2N3O3S. The molecule has 40 heavy (non-hydrogen) atoms. The molecule has 1 aromatic heterocycles. The van der Waals surface area contributed by atoms with Crippen LogP contribution in [0.15, 0.2) is 85.5 Å². The average Bonchev–Trinajstić information content (AvgIpc) is 3.45. The number of amides is 1. The maximum absolute atomic E-state index is 13.7. The minimum absolute atomic E-state index is 0.247. The number of benzene rings is 3. The fourth-order valence-corrected chi connectivity index (χ4v) is 4.84. The van der Waals surface area contributed by atoms with Crippen molar-refractivity contribution in [2.24, 2.45) is 0 Å². The molecule has 3 aromatic carbocycles. The molecule has 4 rings (SSSR count). The zero-order valence-corrected chi connectivity index (χ0v) is 22.9. The van der Waals surface area contributed by atoms with E-state index in [4.69, 9.17) is 0 Å². The number of hydrogen-bond donors (Lipinski definition) is 2. The first-order chi connectivity index (χ1) is 19.2. The van der Waals surface area contributed by atoms with E-state index >= 15 is 0 Å². The number of aromatic nitrogens is 2. The Morgan fingerprint density at radius 1 is 1.05 bits per heavy atom. The number of aliphatic carboxylic acids is 1. The molecule has 0 fully saturated rings. The molecule has 0 saturated carbocycles. The third-order valence-electron chi connectivity index (χ3n) is 6.58. The second-order valence-electron chi connectivity index (χ2n) is 9.56. The maximum Gasteiger partial charge on any atom is 0.329 e. The van der Waals surface area contributed by atoms with Gasteiger partial charge in [0.15, 0.2) is 0 Å². The summed E-state index contributed by atoms with van der Waals surface area (Å²) in [6.45, 7) is 1.95. The third kappa shape index (κ3) is 7.04. The number of nitrogens with zero attached hydrogens (tertiary/aromatic N) is 2. The van der Waals surface area contributed by atoms with Crippen molar-refractivity contribution >= 4 is 35.3 Å². The number of allylic oxidation sites excluding steroid dienone is 1. The monoisotopic (exact) mass is 561 g/mol. The molecular weight excluding hydrogens is 532 g/mol. The molecule has 2 N–H and O–H groups in total. The summed E-state index contributed by atoms with van der Waals surface area (Å²) in [6, 6.07) is 17.1. The highest BCUT2D eigenvalue weighted by Gasteiger charge is 2.35. The molecule has 0 aliphatic carbocycles. The van der Waals surface area contributed by atoms with Gasteiger partial charge >= 0.3 is 5.97 Å². The van der Waals surface area contributed by atoms with Crippen molar-refractivity contribution in [3.05, 3.63) is 114 Å². The fraction of sp³-hybridized carbons (Fsp3) is 0.194. The predicted octanol–water partition coefficient (Wildman–Crippen LogP) is 6.40. The number of nitrogens with one attached hydrogen (secondary N) is 1. The molecule has 6 nitrogen and oxygen atoms in total. The smallest absolute Gasteiger partial charge is 0.329 e. The second kappa shape index (κ2) is 12.7. The van der Waals surface area contributed by atoms with Gasteiger partial charge < -0.3 is 15.0 Å². The fourth-order valence-electron chi connectivity index (χ4n) is 4.23. The van der Waals surface area contributed by atoms with E-state index in [-0.39, 0.29) is 17.8 Å². The molecule has 9 heteroatoms. The van der Waals surface area contributed by atoms with Gasteiger partial charge in [-0.15, -0.1) is 0 Å². The van der Waals surface area contributed by atoms with Crippen LogP contribution < -0.4 is 5.32 Å². The van der Waals surface area contributed by atoms with Crippen LogP contribution in [0.4, 0.5) is 8.78 Å². The van der Waals surface area contributed by atoms with Gasteiger partial charge in [-0.05, 0) is 95.7 Å². The zero-order valence-electron chi connectivity index (χ0n) is 22.1. The van der Waals surface area contributed by atoms with Crippen molar-refractivity contribution in [2.45, 2.75) is 25.4 Å². The maximum atomic E-state index is 13.7. The number of carbonyl (C=O) groups is 2. The van der Waals surface area contributed by atoms with Gasteiger partial charge in [-0.25, -0.2) is 18.6 Å². The van der Waals surface area contributed by atoms with Crippen LogP contribution in [0.25, 0.3) is 22.8 Å². The van der Waals surface area contributed by atoms with Crippen LogP contribution in [-0.4, -0.2) is 44.1 Å². The van der Waals surface area contributed by atoms with E-state index in [2.05, 4.69) is 10.3 Å². The summed E-state index contributed by atoms with van der Waals surface area (Å²) >= 11 is 1.49. The number of carboxylic acid groups (broad SMARTS) is 1. The number of imidazole rings is 1. The topological polar surface area (TPSA) is 84.2 Å². The average molecular weight is 562 g/mol. The molecule has 0 aliphatic heterocycles. The first-order valence-corrected chi connectivity index (χ1v) is 13.9. The van der Waals surface area contributed by atoms with Gasteiger partial charge in [0.25, 0.3) is 5.91 Å². The molecule has 206 valence electrons. The van der Waals surface area contributed by atoms with E-state index in [9.17, 15) is 23.5 Å². The van der Waals surface area contributed by atoms with Gasteiger partial charge in [0.05, 0.1) is 6.33 Å². The van der Waals surface area contributed by atoms with Crippen LogP contribution in [-0.2, 0) is 11.3 Å². The number of carbonyl (C=O) groups excluding carboxylic acids is 1. The number of hydrogen-bond acceptors (Lipinski definition) is 4. The Morgan fingerprint density at radius 2 is 1.73 bits per heavy atom. The molecule has 0 bridgehead atoms. The first kappa shape index (κ1) is 28.8. The normalized spacial score (nSPS) is 13.1. The Hall–Kier alpha value is -4.24. The van der Waals surface area contributed by atoms with E-state index < -0.39 is 23.2 Å². The molecule has 0 spiro atoms. The van der Waals surface area contributed by atoms with Gasteiger partial charge in [-0.2, -0.15) is 11.8 Å². The van der Waals surface area contributed by atoms with E-state index in [0.29, 0.717) is 23.4 Å². The van der Waals surface area contributed by atoms with Gasteiger partial charge in [-0.3, -0.25) is 4.79 Å². The first-order valence-electron chi connectivity index (χ1n) is 12.6. The molecule has 4 aromatic rings. The largest absolute Gasteiger partial charge is 0.480 e. The van der Waals surface area contributed by atoms with E-state index in [1.54, 1.807) is 55.0 Å². The Labute approximate surface area is 235 Å². The molecule has 1 atom stereocenters. The highest BCUT2D eigenvalue weighted by molar-refractivity contribution is 7.98. The summed E-state index contributed by atoms with van der Waals surface area (Å²) in [7, 11) is 0. The number of thioether (sulfide) groups is 1. The highest BCUT2D eigenvalue weighted by atomic mass is 32.2. The van der Waals surface area contributed by atoms with Crippen LogP contribution in [0.1, 0.15) is 34.8 Å². The molecule has 0 radical (unpaired) electrons. The minimum atomic E-state index is -1.46. The lowest BCUT2D eigenvalue weighted by atomic mass is 9.93. The number of rotatable bonds is 11. The zero-order chi connectivity index (χ0) is 28.7. The van der Waals surface area contributed by atoms with Gasteiger partial charge in [-0.1, -0.05) is 30.3 Å². The van der Waals surface area contributed by atoms with Crippen LogP contribution in [0.2, 0.25) is 0 Å². The third-order valence-corrected chi connectivity index (χ3v) is 7.19. The van der Waals surface area contributed by atoms with Crippen LogP contribution in [0, 0.1) is 11.6 Å². The number of halogens is 2. The molecule has 1 heterocycles. The molecule has 1 amide bonds.